The maximum Gasteiger partial charge on any atom is 0.269 e. The zero-order chi connectivity index (χ0) is 17.6. The number of nitrogens with two attached hydrogens (primary N) is 1. The van der Waals surface area contributed by atoms with E-state index >= 15 is 0 Å². The average Bonchev–Trinajstić information content (AvgIpc) is 3.21. The molecular formula is C19H24N4O2. The molecule has 2 heterocycles. The van der Waals surface area contributed by atoms with Gasteiger partial charge in [-0.2, -0.15) is 5.10 Å². The molecule has 1 unspecified atom stereocenters. The highest BCUT2D eigenvalue weighted by molar-refractivity contribution is 5.92. The number of ether oxygens (including phenoxy) is 1. The molecule has 0 bridgehead atoms. The number of nitrogens with one attached hydrogen (secondary N) is 1. The number of nitrogens with zero attached hydrogens (tertiary/aromatic N) is 2. The number of H-pyrrole nitrogens is 1. The molecule has 1 saturated heterocycles. The van der Waals surface area contributed by atoms with Crippen molar-refractivity contribution in [3.63, 3.8) is 0 Å². The summed E-state index contributed by atoms with van der Waals surface area (Å²) in [5, 5.41) is 6.79. The summed E-state index contributed by atoms with van der Waals surface area (Å²) < 4.78 is 6.00. The van der Waals surface area contributed by atoms with Gasteiger partial charge in [-0.3, -0.25) is 14.8 Å². The predicted molar refractivity (Wildman–Crippen MR) is 97.0 cm³/mol. The van der Waals surface area contributed by atoms with Crippen LogP contribution in [0.2, 0.25) is 0 Å². The highest BCUT2D eigenvalue weighted by Crippen LogP contribution is 2.15. The average molecular weight is 340 g/mol. The van der Waals surface area contributed by atoms with Crippen LogP contribution in [0.3, 0.4) is 0 Å². The molecular weight excluding hydrogens is 316 g/mol. The number of rotatable bonds is 7. The van der Waals surface area contributed by atoms with Crippen LogP contribution in [-0.2, 0) is 11.3 Å². The van der Waals surface area contributed by atoms with Crippen molar-refractivity contribution in [1.29, 1.82) is 0 Å². The van der Waals surface area contributed by atoms with Crippen LogP contribution in [0.25, 0.3) is 6.08 Å². The first kappa shape index (κ1) is 17.4. The number of benzene rings is 1. The first-order valence-corrected chi connectivity index (χ1v) is 8.52. The number of carbonyl (C=O) groups excluding carboxylic acids is 1. The molecule has 1 aromatic heterocycles. The van der Waals surface area contributed by atoms with Gasteiger partial charge in [-0.15, -0.1) is 0 Å². The van der Waals surface area contributed by atoms with Crippen molar-refractivity contribution in [3.05, 3.63) is 58.9 Å². The number of hydrogen-bond acceptors (Lipinski definition) is 4. The van der Waals surface area contributed by atoms with E-state index in [0.29, 0.717) is 12.3 Å². The number of likely N-dealkylation sites (tertiary alicyclic amines) is 1. The van der Waals surface area contributed by atoms with E-state index in [1.807, 2.05) is 31.2 Å². The maximum atomic E-state index is 11.2. The Morgan fingerprint density at radius 3 is 2.96 bits per heavy atom. The lowest BCUT2D eigenvalue weighted by Crippen LogP contribution is -2.23. The van der Waals surface area contributed by atoms with E-state index in [1.165, 1.54) is 5.56 Å². The van der Waals surface area contributed by atoms with Crippen molar-refractivity contribution in [2.45, 2.75) is 26.1 Å². The summed E-state index contributed by atoms with van der Waals surface area (Å²) in [5.41, 5.74) is 8.39. The van der Waals surface area contributed by atoms with Crippen LogP contribution in [0.15, 0.2) is 36.4 Å². The van der Waals surface area contributed by atoms with Crippen molar-refractivity contribution in [2.24, 2.45) is 5.73 Å². The van der Waals surface area contributed by atoms with Crippen molar-refractivity contribution in [2.75, 3.05) is 19.6 Å². The standard InChI is InChI=1S/C19H24N4O2/c1-14-17(21-22-18(14)19(20)24)8-5-10-23-11-9-16(12-23)25-13-15-6-3-2-4-7-15/h2-8,16H,9-13H2,1H3,(H2,20,24)(H,21,22)/b8-5-. The smallest absolute Gasteiger partial charge is 0.269 e. The van der Waals surface area contributed by atoms with Gasteiger partial charge in [-0.05, 0) is 25.0 Å². The van der Waals surface area contributed by atoms with Crippen LogP contribution >= 0.6 is 0 Å². The number of aromatic amines is 1. The highest BCUT2D eigenvalue weighted by atomic mass is 16.5. The zero-order valence-electron chi connectivity index (χ0n) is 14.4. The van der Waals surface area contributed by atoms with E-state index < -0.39 is 5.91 Å². The number of hydrogen-bond donors (Lipinski definition) is 2. The second-order valence-corrected chi connectivity index (χ2v) is 6.34. The molecule has 2 aromatic rings. The summed E-state index contributed by atoms with van der Waals surface area (Å²) in [4.78, 5) is 13.6. The van der Waals surface area contributed by atoms with Crippen molar-refractivity contribution in [3.8, 4) is 0 Å². The van der Waals surface area contributed by atoms with Crippen molar-refractivity contribution >= 4 is 12.0 Å². The van der Waals surface area contributed by atoms with Gasteiger partial charge in [0.2, 0.25) is 0 Å². The molecule has 0 aliphatic carbocycles. The molecule has 25 heavy (non-hydrogen) atoms. The molecule has 1 atom stereocenters. The maximum absolute atomic E-state index is 11.2. The Hall–Kier alpha value is -2.44. The van der Waals surface area contributed by atoms with Crippen molar-refractivity contribution in [1.82, 2.24) is 15.1 Å². The minimum absolute atomic E-state index is 0.281. The fourth-order valence-corrected chi connectivity index (χ4v) is 3.02. The van der Waals surface area contributed by atoms with Crippen LogP contribution in [-0.4, -0.2) is 46.7 Å². The molecule has 132 valence electrons. The number of carbonyl (C=O) groups is 1. The van der Waals surface area contributed by atoms with E-state index in [1.54, 1.807) is 0 Å². The van der Waals surface area contributed by atoms with Crippen molar-refractivity contribution < 1.29 is 9.53 Å². The highest BCUT2D eigenvalue weighted by Gasteiger charge is 2.22. The summed E-state index contributed by atoms with van der Waals surface area (Å²) in [7, 11) is 0. The second kappa shape index (κ2) is 8.09. The molecule has 0 spiro atoms. The van der Waals surface area contributed by atoms with E-state index in [0.717, 1.165) is 37.3 Å². The summed E-state index contributed by atoms with van der Waals surface area (Å²) >= 11 is 0. The lowest BCUT2D eigenvalue weighted by molar-refractivity contribution is 0.0475. The van der Waals surface area contributed by atoms with Crippen LogP contribution < -0.4 is 5.73 Å². The zero-order valence-corrected chi connectivity index (χ0v) is 14.4. The van der Waals surface area contributed by atoms with E-state index in [4.69, 9.17) is 10.5 Å². The monoisotopic (exact) mass is 340 g/mol. The Kier molecular flexibility index (Phi) is 5.63. The summed E-state index contributed by atoms with van der Waals surface area (Å²) in [6, 6.07) is 10.3. The SMILES string of the molecule is Cc1c(C(N)=O)n[nH]c1/C=C\CN1CCC(OCc2ccccc2)C1. The van der Waals surface area contributed by atoms with Gasteiger partial charge in [0.25, 0.3) is 5.91 Å². The second-order valence-electron chi connectivity index (χ2n) is 6.34. The van der Waals surface area contributed by atoms with Gasteiger partial charge < -0.3 is 10.5 Å². The molecule has 3 N–H and O–H groups in total. The van der Waals surface area contributed by atoms with Gasteiger partial charge in [0.05, 0.1) is 18.4 Å². The van der Waals surface area contributed by atoms with Crippen LogP contribution in [0.1, 0.15) is 33.7 Å². The molecule has 6 heteroatoms. The lowest BCUT2D eigenvalue weighted by Gasteiger charge is -2.14. The molecule has 1 aromatic carbocycles. The molecule has 0 saturated carbocycles. The van der Waals surface area contributed by atoms with E-state index in [2.05, 4.69) is 33.3 Å². The van der Waals surface area contributed by atoms with Gasteiger partial charge in [0.15, 0.2) is 5.69 Å². The van der Waals surface area contributed by atoms with Crippen LogP contribution in [0.4, 0.5) is 0 Å². The third-order valence-electron chi connectivity index (χ3n) is 4.49. The molecule has 0 radical (unpaired) electrons. The Balaban J connectivity index is 1.45. The largest absolute Gasteiger partial charge is 0.372 e. The molecule has 1 aliphatic heterocycles. The molecule has 1 amide bonds. The van der Waals surface area contributed by atoms with Gasteiger partial charge in [-0.25, -0.2) is 0 Å². The minimum atomic E-state index is -0.508. The van der Waals surface area contributed by atoms with E-state index in [9.17, 15) is 4.79 Å². The quantitative estimate of drug-likeness (QED) is 0.808. The Labute approximate surface area is 147 Å². The Bertz CT molecular complexity index is 739. The van der Waals surface area contributed by atoms with Crippen LogP contribution in [0.5, 0.6) is 0 Å². The van der Waals surface area contributed by atoms with E-state index in [-0.39, 0.29) is 6.10 Å². The van der Waals surface area contributed by atoms with Gasteiger partial charge in [0, 0.05) is 25.2 Å². The van der Waals surface area contributed by atoms with Gasteiger partial charge in [0.1, 0.15) is 0 Å². The number of amides is 1. The summed E-state index contributed by atoms with van der Waals surface area (Å²) in [6.07, 6.45) is 5.36. The van der Waals surface area contributed by atoms with Gasteiger partial charge in [-0.1, -0.05) is 36.4 Å². The first-order valence-electron chi connectivity index (χ1n) is 8.52. The Morgan fingerprint density at radius 2 is 2.24 bits per heavy atom. The lowest BCUT2D eigenvalue weighted by atomic mass is 10.2. The topological polar surface area (TPSA) is 84.2 Å². The molecule has 3 rings (SSSR count). The molecule has 1 aliphatic rings. The first-order chi connectivity index (χ1) is 12.1. The summed E-state index contributed by atoms with van der Waals surface area (Å²) in [6.45, 7) is 5.31. The number of aromatic nitrogens is 2. The Morgan fingerprint density at radius 1 is 1.44 bits per heavy atom. The molecule has 1 fully saturated rings. The minimum Gasteiger partial charge on any atom is -0.372 e. The molecule has 6 nitrogen and oxygen atoms in total. The van der Waals surface area contributed by atoms with Gasteiger partial charge >= 0.3 is 0 Å². The third-order valence-corrected chi connectivity index (χ3v) is 4.49. The fourth-order valence-electron chi connectivity index (χ4n) is 3.02. The number of primary amides is 1. The normalized spacial score (nSPS) is 18.2. The van der Waals surface area contributed by atoms with Crippen LogP contribution in [0, 0.1) is 6.92 Å². The third kappa shape index (κ3) is 4.55. The summed E-state index contributed by atoms with van der Waals surface area (Å²) in [5.74, 6) is -0.508. The fraction of sp³-hybridized carbons (Fsp3) is 0.368. The predicted octanol–water partition coefficient (Wildman–Crippen LogP) is 2.12.